The Hall–Kier alpha value is -3.94. The molecule has 1 heterocycles. The molecule has 1 aromatic heterocycles. The fourth-order valence-electron chi connectivity index (χ4n) is 2.47. The van der Waals surface area contributed by atoms with Gasteiger partial charge in [-0.2, -0.15) is 0 Å². The topological polar surface area (TPSA) is 105 Å². The van der Waals surface area contributed by atoms with E-state index in [0.29, 0.717) is 22.9 Å². The number of nitrogens with zero attached hydrogens (tertiary/aromatic N) is 2. The number of hydrogen-bond acceptors (Lipinski definition) is 6. The zero-order valence-corrected chi connectivity index (χ0v) is 15.4. The average Bonchev–Trinajstić information content (AvgIpc) is 2.68. The van der Waals surface area contributed by atoms with E-state index in [4.69, 9.17) is 4.74 Å². The van der Waals surface area contributed by atoms with Crippen LogP contribution in [0.2, 0.25) is 0 Å². The van der Waals surface area contributed by atoms with Gasteiger partial charge in [-0.05, 0) is 30.3 Å². The number of carbonyl (C=O) groups excluding carboxylic acids is 2. The van der Waals surface area contributed by atoms with Crippen LogP contribution in [0.1, 0.15) is 17.4 Å². The lowest BCUT2D eigenvalue weighted by molar-refractivity contribution is -0.114. The Morgan fingerprint density at radius 1 is 0.929 bits per heavy atom. The fourth-order valence-corrected chi connectivity index (χ4v) is 2.47. The third kappa shape index (κ3) is 4.82. The lowest BCUT2D eigenvalue weighted by atomic mass is 10.2. The summed E-state index contributed by atoms with van der Waals surface area (Å²) in [5, 5.41) is 8.53. The lowest BCUT2D eigenvalue weighted by Crippen LogP contribution is -2.14. The molecule has 142 valence electrons. The first-order valence-electron chi connectivity index (χ1n) is 8.46. The van der Waals surface area contributed by atoms with E-state index >= 15 is 0 Å². The van der Waals surface area contributed by atoms with Crippen LogP contribution < -0.4 is 20.7 Å². The first-order valence-corrected chi connectivity index (χ1v) is 8.46. The first-order chi connectivity index (χ1) is 13.5. The molecule has 28 heavy (non-hydrogen) atoms. The Morgan fingerprint density at radius 2 is 1.71 bits per heavy atom. The number of nitrogens with one attached hydrogen (secondary N) is 3. The summed E-state index contributed by atoms with van der Waals surface area (Å²) in [6.07, 6.45) is 2.84. The number of hydrogen-bond donors (Lipinski definition) is 3. The van der Waals surface area contributed by atoms with Crippen LogP contribution in [0.5, 0.6) is 5.75 Å². The molecule has 3 aromatic rings. The summed E-state index contributed by atoms with van der Waals surface area (Å²) in [6.45, 7) is 1.44. The van der Waals surface area contributed by atoms with Crippen molar-refractivity contribution in [3.05, 3.63) is 66.6 Å². The molecule has 2 aromatic carbocycles. The molecule has 0 aliphatic heterocycles. The van der Waals surface area contributed by atoms with Crippen LogP contribution in [-0.4, -0.2) is 28.9 Å². The van der Waals surface area contributed by atoms with Crippen molar-refractivity contribution < 1.29 is 14.3 Å². The van der Waals surface area contributed by atoms with Gasteiger partial charge < -0.3 is 20.7 Å². The maximum absolute atomic E-state index is 12.4. The Kier molecular flexibility index (Phi) is 5.81. The SMILES string of the molecule is COc1ccccc1NC(=O)c1cnc(Nc2cccc(NC(C)=O)c2)cn1. The summed E-state index contributed by atoms with van der Waals surface area (Å²) in [5.74, 6) is 0.480. The highest BCUT2D eigenvalue weighted by Crippen LogP contribution is 2.23. The number of rotatable bonds is 6. The van der Waals surface area contributed by atoms with Crippen molar-refractivity contribution in [1.82, 2.24) is 9.97 Å². The van der Waals surface area contributed by atoms with E-state index in [-0.39, 0.29) is 11.6 Å². The number of methoxy groups -OCH3 is 1. The van der Waals surface area contributed by atoms with E-state index in [9.17, 15) is 9.59 Å². The van der Waals surface area contributed by atoms with E-state index in [1.54, 1.807) is 36.4 Å². The quantitative estimate of drug-likeness (QED) is 0.608. The van der Waals surface area contributed by atoms with E-state index < -0.39 is 5.91 Å². The summed E-state index contributed by atoms with van der Waals surface area (Å²) in [6, 6.07) is 14.3. The van der Waals surface area contributed by atoms with Gasteiger partial charge in [-0.25, -0.2) is 9.97 Å². The standard InChI is InChI=1S/C20H19N5O3/c1-13(26)23-14-6-5-7-15(10-14)24-19-12-21-17(11-22-19)20(27)25-16-8-3-4-9-18(16)28-2/h3-12H,1-2H3,(H,22,24)(H,23,26)(H,25,27). The van der Waals surface area contributed by atoms with Gasteiger partial charge in [0.1, 0.15) is 17.3 Å². The van der Waals surface area contributed by atoms with Crippen molar-refractivity contribution in [2.45, 2.75) is 6.92 Å². The smallest absolute Gasteiger partial charge is 0.275 e. The predicted octanol–water partition coefficient (Wildman–Crippen LogP) is 3.44. The highest BCUT2D eigenvalue weighted by Gasteiger charge is 2.11. The zero-order chi connectivity index (χ0) is 19.9. The number of carbonyl (C=O) groups is 2. The van der Waals surface area contributed by atoms with Gasteiger partial charge in [-0.15, -0.1) is 0 Å². The van der Waals surface area contributed by atoms with E-state index in [1.165, 1.54) is 26.4 Å². The Balaban J connectivity index is 1.68. The Labute approximate surface area is 162 Å². The molecule has 3 rings (SSSR count). The number of ether oxygens (including phenoxy) is 1. The second-order valence-electron chi connectivity index (χ2n) is 5.83. The van der Waals surface area contributed by atoms with Crippen LogP contribution in [0.25, 0.3) is 0 Å². The third-order valence-corrected chi connectivity index (χ3v) is 3.70. The molecular formula is C20H19N5O3. The Bertz CT molecular complexity index is 989. The summed E-state index contributed by atoms with van der Waals surface area (Å²) in [5.41, 5.74) is 2.11. The number of amides is 2. The van der Waals surface area contributed by atoms with Crippen LogP contribution in [0.15, 0.2) is 60.9 Å². The molecule has 0 radical (unpaired) electrons. The van der Waals surface area contributed by atoms with Crippen molar-refractivity contribution in [2.24, 2.45) is 0 Å². The van der Waals surface area contributed by atoms with Crippen LogP contribution in [0, 0.1) is 0 Å². The normalized spacial score (nSPS) is 10.1. The molecule has 0 aliphatic carbocycles. The van der Waals surface area contributed by atoms with Crippen molar-refractivity contribution in [3.8, 4) is 5.75 Å². The molecule has 0 fully saturated rings. The summed E-state index contributed by atoms with van der Waals surface area (Å²) in [4.78, 5) is 31.9. The largest absolute Gasteiger partial charge is 0.495 e. The summed E-state index contributed by atoms with van der Waals surface area (Å²) < 4.78 is 5.21. The van der Waals surface area contributed by atoms with Gasteiger partial charge in [-0.1, -0.05) is 18.2 Å². The highest BCUT2D eigenvalue weighted by molar-refractivity contribution is 6.03. The lowest BCUT2D eigenvalue weighted by Gasteiger charge is -2.10. The number of benzene rings is 2. The van der Waals surface area contributed by atoms with Gasteiger partial charge in [-0.3, -0.25) is 9.59 Å². The van der Waals surface area contributed by atoms with Crippen LogP contribution >= 0.6 is 0 Å². The molecule has 0 unspecified atom stereocenters. The first kappa shape index (κ1) is 18.8. The van der Waals surface area contributed by atoms with Gasteiger partial charge in [0.05, 0.1) is 25.2 Å². The predicted molar refractivity (Wildman–Crippen MR) is 107 cm³/mol. The molecule has 0 saturated heterocycles. The minimum atomic E-state index is -0.392. The van der Waals surface area contributed by atoms with Crippen molar-refractivity contribution in [1.29, 1.82) is 0 Å². The van der Waals surface area contributed by atoms with Gasteiger partial charge in [0, 0.05) is 18.3 Å². The molecule has 2 amide bonds. The minimum absolute atomic E-state index is 0.151. The highest BCUT2D eigenvalue weighted by atomic mass is 16.5. The van der Waals surface area contributed by atoms with Crippen molar-refractivity contribution >= 4 is 34.7 Å². The average molecular weight is 377 g/mol. The molecule has 0 aliphatic rings. The van der Waals surface area contributed by atoms with E-state index in [1.807, 2.05) is 12.1 Å². The van der Waals surface area contributed by atoms with Crippen LogP contribution in [0.3, 0.4) is 0 Å². The zero-order valence-electron chi connectivity index (χ0n) is 15.4. The van der Waals surface area contributed by atoms with Gasteiger partial charge in [0.2, 0.25) is 5.91 Å². The monoisotopic (exact) mass is 377 g/mol. The van der Waals surface area contributed by atoms with E-state index in [2.05, 4.69) is 25.9 Å². The van der Waals surface area contributed by atoms with Crippen LogP contribution in [0.4, 0.5) is 22.9 Å². The number of aromatic nitrogens is 2. The number of para-hydroxylation sites is 2. The molecular weight excluding hydrogens is 358 g/mol. The molecule has 8 nitrogen and oxygen atoms in total. The fraction of sp³-hybridized carbons (Fsp3) is 0.100. The summed E-state index contributed by atoms with van der Waals surface area (Å²) >= 11 is 0. The Morgan fingerprint density at radius 3 is 2.43 bits per heavy atom. The molecule has 8 heteroatoms. The molecule has 0 spiro atoms. The third-order valence-electron chi connectivity index (χ3n) is 3.70. The maximum atomic E-state index is 12.4. The molecule has 0 bridgehead atoms. The molecule has 0 atom stereocenters. The van der Waals surface area contributed by atoms with Crippen molar-refractivity contribution in [3.63, 3.8) is 0 Å². The molecule has 3 N–H and O–H groups in total. The van der Waals surface area contributed by atoms with Crippen molar-refractivity contribution in [2.75, 3.05) is 23.1 Å². The van der Waals surface area contributed by atoms with Gasteiger partial charge >= 0.3 is 0 Å². The van der Waals surface area contributed by atoms with Gasteiger partial charge in [0.15, 0.2) is 0 Å². The number of anilines is 4. The summed E-state index contributed by atoms with van der Waals surface area (Å²) in [7, 11) is 1.53. The minimum Gasteiger partial charge on any atom is -0.495 e. The van der Waals surface area contributed by atoms with E-state index in [0.717, 1.165) is 5.69 Å². The second-order valence-corrected chi connectivity index (χ2v) is 5.83. The van der Waals surface area contributed by atoms with Crippen LogP contribution in [-0.2, 0) is 4.79 Å². The maximum Gasteiger partial charge on any atom is 0.275 e. The van der Waals surface area contributed by atoms with Gasteiger partial charge in [0.25, 0.3) is 5.91 Å². The molecule has 0 saturated carbocycles. The second kappa shape index (κ2) is 8.63.